The van der Waals surface area contributed by atoms with Crippen molar-refractivity contribution in [1.82, 2.24) is 5.32 Å². The first-order chi connectivity index (χ1) is 6.81. The van der Waals surface area contributed by atoms with Gasteiger partial charge in [0.25, 0.3) is 0 Å². The first-order valence-corrected chi connectivity index (χ1v) is 7.35. The molecule has 0 saturated heterocycles. The summed E-state index contributed by atoms with van der Waals surface area (Å²) < 4.78 is -0.285. The Hall–Kier alpha value is 0.300. The predicted octanol–water partition coefficient (Wildman–Crippen LogP) is 3.20. The van der Waals surface area contributed by atoms with Crippen molar-refractivity contribution >= 4 is 33.6 Å². The minimum absolute atomic E-state index is 0.0582. The summed E-state index contributed by atoms with van der Waals surface area (Å²) in [7, 11) is 0. The lowest BCUT2D eigenvalue weighted by Crippen LogP contribution is -2.45. The van der Waals surface area contributed by atoms with Crippen LogP contribution in [-0.4, -0.2) is 27.8 Å². The molecule has 0 bridgehead atoms. The number of alkyl halides is 1. The van der Waals surface area contributed by atoms with Gasteiger partial charge in [0.1, 0.15) is 0 Å². The minimum atomic E-state index is -0.474. The average Bonchev–Trinajstić information content (AvgIpc) is 2.19. The van der Waals surface area contributed by atoms with E-state index in [1.54, 1.807) is 0 Å². The van der Waals surface area contributed by atoms with E-state index in [9.17, 15) is 4.79 Å². The van der Waals surface area contributed by atoms with Crippen LogP contribution in [0.2, 0.25) is 0 Å². The molecule has 0 saturated carbocycles. The van der Waals surface area contributed by atoms with Crippen LogP contribution in [0.3, 0.4) is 0 Å². The number of halogens is 1. The highest BCUT2D eigenvalue weighted by Crippen LogP contribution is 2.29. The van der Waals surface area contributed by atoms with E-state index in [1.165, 1.54) is 0 Å². The molecule has 1 N–H and O–H groups in total. The number of carbonyl (C=O) groups is 1. The molecule has 0 atom stereocenters. The van der Waals surface area contributed by atoms with Gasteiger partial charge >= 0.3 is 0 Å². The summed E-state index contributed by atoms with van der Waals surface area (Å²) in [6.45, 7) is 8.81. The van der Waals surface area contributed by atoms with Crippen molar-refractivity contribution in [2.24, 2.45) is 0 Å². The van der Waals surface area contributed by atoms with E-state index in [-0.39, 0.29) is 10.7 Å². The Morgan fingerprint density at radius 1 is 1.33 bits per heavy atom. The van der Waals surface area contributed by atoms with Gasteiger partial charge in [-0.3, -0.25) is 4.79 Å². The molecule has 0 aliphatic rings. The van der Waals surface area contributed by atoms with Gasteiger partial charge in [-0.15, -0.1) is 0 Å². The summed E-state index contributed by atoms with van der Waals surface area (Å²) in [5.41, 5.74) is 0. The average molecular weight is 296 g/mol. The van der Waals surface area contributed by atoms with E-state index >= 15 is 0 Å². The predicted molar refractivity (Wildman–Crippen MR) is 72.8 cm³/mol. The molecule has 1 amide bonds. The third-order valence-electron chi connectivity index (χ3n) is 2.83. The van der Waals surface area contributed by atoms with Crippen molar-refractivity contribution in [1.29, 1.82) is 0 Å². The number of hydrogen-bond acceptors (Lipinski definition) is 2. The second-order valence-corrected chi connectivity index (χ2v) is 7.51. The molecule has 0 radical (unpaired) electrons. The molecule has 0 aromatic rings. The number of nitrogens with one attached hydrogen (secondary N) is 1. The number of rotatable bonds is 6. The maximum absolute atomic E-state index is 11.7. The summed E-state index contributed by atoms with van der Waals surface area (Å²) >= 11 is 5.20. The second-order valence-electron chi connectivity index (χ2n) is 4.25. The van der Waals surface area contributed by atoms with Crippen LogP contribution >= 0.6 is 27.7 Å². The first-order valence-electron chi connectivity index (χ1n) is 5.33. The van der Waals surface area contributed by atoms with E-state index in [4.69, 9.17) is 0 Å². The van der Waals surface area contributed by atoms with Gasteiger partial charge in [0.2, 0.25) is 5.91 Å². The first kappa shape index (κ1) is 15.3. The summed E-state index contributed by atoms with van der Waals surface area (Å²) in [5.74, 6) is 0.0582. The fourth-order valence-corrected chi connectivity index (χ4v) is 2.25. The Morgan fingerprint density at radius 3 is 2.07 bits per heavy atom. The molecule has 4 heteroatoms. The summed E-state index contributed by atoms with van der Waals surface area (Å²) in [6, 6.07) is 0. The Morgan fingerprint density at radius 2 is 1.80 bits per heavy atom. The Bertz CT molecular complexity index is 201. The third kappa shape index (κ3) is 4.77. The zero-order valence-electron chi connectivity index (χ0n) is 10.3. The summed E-state index contributed by atoms with van der Waals surface area (Å²) in [6.07, 6.45) is 4.26. The highest BCUT2D eigenvalue weighted by Gasteiger charge is 2.29. The van der Waals surface area contributed by atoms with Crippen LogP contribution in [0, 0.1) is 0 Å². The van der Waals surface area contributed by atoms with E-state index in [1.807, 2.05) is 25.6 Å². The molecule has 0 spiro atoms. The van der Waals surface area contributed by atoms with Gasteiger partial charge in [-0.05, 0) is 32.9 Å². The van der Waals surface area contributed by atoms with Crippen molar-refractivity contribution in [2.75, 3.05) is 12.8 Å². The maximum Gasteiger partial charge on any atom is 0.236 e. The van der Waals surface area contributed by atoms with Gasteiger partial charge in [-0.25, -0.2) is 0 Å². The Balaban J connectivity index is 4.29. The van der Waals surface area contributed by atoms with Crippen LogP contribution < -0.4 is 5.32 Å². The molecule has 0 unspecified atom stereocenters. The fraction of sp³-hybridized carbons (Fsp3) is 0.909. The maximum atomic E-state index is 11.7. The smallest absolute Gasteiger partial charge is 0.236 e. The van der Waals surface area contributed by atoms with Crippen LogP contribution in [-0.2, 0) is 4.79 Å². The molecule has 0 rings (SSSR count). The zero-order chi connectivity index (χ0) is 12.1. The summed E-state index contributed by atoms with van der Waals surface area (Å²) in [4.78, 5) is 11.7. The normalized spacial score (nSPS) is 12.7. The van der Waals surface area contributed by atoms with Crippen LogP contribution in [0.4, 0.5) is 0 Å². The van der Waals surface area contributed by atoms with Gasteiger partial charge < -0.3 is 5.32 Å². The molecule has 0 heterocycles. The molecular weight excluding hydrogens is 274 g/mol. The van der Waals surface area contributed by atoms with Gasteiger partial charge in [-0.2, -0.15) is 11.8 Å². The number of thioether (sulfide) groups is 1. The molecule has 2 nitrogen and oxygen atoms in total. The minimum Gasteiger partial charge on any atom is -0.354 e. The van der Waals surface area contributed by atoms with Crippen molar-refractivity contribution in [3.8, 4) is 0 Å². The van der Waals surface area contributed by atoms with E-state index < -0.39 is 4.32 Å². The molecule has 0 aromatic heterocycles. The van der Waals surface area contributed by atoms with Crippen molar-refractivity contribution < 1.29 is 4.79 Å². The highest BCUT2D eigenvalue weighted by atomic mass is 79.9. The molecule has 0 aromatic carbocycles. The van der Waals surface area contributed by atoms with Crippen molar-refractivity contribution in [2.45, 2.75) is 49.6 Å². The lowest BCUT2D eigenvalue weighted by Gasteiger charge is -2.31. The summed E-state index contributed by atoms with van der Waals surface area (Å²) in [5, 5.41) is 3.01. The zero-order valence-corrected chi connectivity index (χ0v) is 12.7. The molecule has 0 aliphatic carbocycles. The van der Waals surface area contributed by atoms with Gasteiger partial charge in [0.15, 0.2) is 0 Å². The topological polar surface area (TPSA) is 29.1 Å². The number of amides is 1. The second kappa shape index (κ2) is 6.14. The highest BCUT2D eigenvalue weighted by molar-refractivity contribution is 9.10. The van der Waals surface area contributed by atoms with E-state index in [0.29, 0.717) is 0 Å². The van der Waals surface area contributed by atoms with E-state index in [0.717, 1.165) is 19.4 Å². The van der Waals surface area contributed by atoms with Crippen LogP contribution in [0.25, 0.3) is 0 Å². The Labute approximate surface area is 106 Å². The number of hydrogen-bond donors (Lipinski definition) is 1. The van der Waals surface area contributed by atoms with Gasteiger partial charge in [-0.1, -0.05) is 29.8 Å². The quantitative estimate of drug-likeness (QED) is 0.763. The largest absolute Gasteiger partial charge is 0.354 e. The number of carbonyl (C=O) groups excluding carboxylic acids is 1. The van der Waals surface area contributed by atoms with Crippen molar-refractivity contribution in [3.63, 3.8) is 0 Å². The fourth-order valence-electron chi connectivity index (χ4n) is 1.31. The third-order valence-corrected chi connectivity index (χ3v) is 4.78. The lowest BCUT2D eigenvalue weighted by atomic mass is 10.0. The van der Waals surface area contributed by atoms with E-state index in [2.05, 4.69) is 41.3 Å². The van der Waals surface area contributed by atoms with Crippen LogP contribution in [0.1, 0.15) is 40.5 Å². The standard InChI is InChI=1S/C11H22BrNOS/c1-6-11(7-2,15-5)8-13-9(14)10(3,4)12/h6-8H2,1-5H3,(H,13,14). The Kier molecular flexibility index (Phi) is 6.26. The molecule has 90 valence electrons. The molecular formula is C11H22BrNOS. The lowest BCUT2D eigenvalue weighted by molar-refractivity contribution is -0.122. The van der Waals surface area contributed by atoms with Gasteiger partial charge in [0.05, 0.1) is 4.32 Å². The molecule has 0 aliphatic heterocycles. The molecule has 15 heavy (non-hydrogen) atoms. The SMILES string of the molecule is CCC(CC)(CNC(=O)C(C)(C)Br)SC. The van der Waals surface area contributed by atoms with Gasteiger partial charge in [0, 0.05) is 11.3 Å². The van der Waals surface area contributed by atoms with Crippen molar-refractivity contribution in [3.05, 3.63) is 0 Å². The monoisotopic (exact) mass is 295 g/mol. The van der Waals surface area contributed by atoms with Crippen LogP contribution in [0.15, 0.2) is 0 Å². The molecule has 0 fully saturated rings. The van der Waals surface area contributed by atoms with Crippen LogP contribution in [0.5, 0.6) is 0 Å².